The molecule has 1 saturated carbocycles. The number of benzene rings is 1. The molecule has 0 saturated heterocycles. The predicted octanol–water partition coefficient (Wildman–Crippen LogP) is 8.14. The lowest BCUT2D eigenvalue weighted by Gasteiger charge is -2.29. The molecule has 1 aliphatic carbocycles. The highest BCUT2D eigenvalue weighted by Crippen LogP contribution is 2.39. The van der Waals surface area contributed by atoms with Gasteiger partial charge in [0.05, 0.1) is 20.7 Å². The minimum atomic E-state index is -4.64. The molecule has 0 spiro atoms. The van der Waals surface area contributed by atoms with Crippen molar-refractivity contribution in [3.05, 3.63) is 46.0 Å². The van der Waals surface area contributed by atoms with Crippen molar-refractivity contribution < 1.29 is 30.6 Å². The quantitative estimate of drug-likeness (QED) is 0.264. The van der Waals surface area contributed by atoms with Crippen molar-refractivity contribution in [2.75, 3.05) is 5.75 Å². The summed E-state index contributed by atoms with van der Waals surface area (Å²) in [6.45, 7) is 3.88. The highest BCUT2D eigenvalue weighted by atomic mass is 35.5. The van der Waals surface area contributed by atoms with E-state index in [4.69, 9.17) is 23.2 Å². The predicted molar refractivity (Wildman–Crippen MR) is 108 cm³/mol. The van der Waals surface area contributed by atoms with Crippen LogP contribution in [0, 0.1) is 5.92 Å². The van der Waals surface area contributed by atoms with Crippen molar-refractivity contribution in [1.82, 2.24) is 0 Å². The molecule has 0 radical (unpaired) electrons. The summed E-state index contributed by atoms with van der Waals surface area (Å²) in [7, 11) is -2.43. The molecule has 0 bridgehead atoms. The maximum Gasteiger partial charge on any atom is 0.400 e. The summed E-state index contributed by atoms with van der Waals surface area (Å²) < 4.78 is 87.4. The van der Waals surface area contributed by atoms with E-state index in [1.807, 2.05) is 0 Å². The topological polar surface area (TPSA) is 17.1 Å². The molecule has 0 aromatic heterocycles. The molecule has 10 heteroatoms. The largest absolute Gasteiger partial charge is 0.400 e. The van der Waals surface area contributed by atoms with Crippen LogP contribution in [-0.4, -0.2) is 22.3 Å². The Balaban J connectivity index is 2.28. The fourth-order valence-electron chi connectivity index (χ4n) is 3.14. The number of allylic oxidation sites excluding steroid dienone is 3. The highest BCUT2D eigenvalue weighted by Gasteiger charge is 2.32. The molecule has 0 aliphatic heterocycles. The molecule has 1 nitrogen and oxygen atoms in total. The summed E-state index contributed by atoms with van der Waals surface area (Å²) in [4.78, 5) is -0.217. The first-order chi connectivity index (χ1) is 13.8. The molecule has 0 N–H and O–H groups in total. The molecule has 168 valence electrons. The molecule has 1 aromatic rings. The van der Waals surface area contributed by atoms with E-state index in [9.17, 15) is 30.6 Å². The molecule has 1 fully saturated rings. The van der Waals surface area contributed by atoms with E-state index in [0.29, 0.717) is 5.57 Å². The minimum absolute atomic E-state index is 0.0612. The molecule has 1 aliphatic rings. The van der Waals surface area contributed by atoms with Crippen LogP contribution in [0.3, 0.4) is 0 Å². The average molecular weight is 493 g/mol. The van der Waals surface area contributed by atoms with Crippen molar-refractivity contribution >= 4 is 39.6 Å². The van der Waals surface area contributed by atoms with Gasteiger partial charge in [0, 0.05) is 17.0 Å². The highest BCUT2D eigenvalue weighted by molar-refractivity contribution is 7.85. The van der Waals surface area contributed by atoms with Crippen LogP contribution in [0.1, 0.15) is 44.1 Å². The molecule has 1 atom stereocenters. The van der Waals surface area contributed by atoms with Crippen molar-refractivity contribution in [3.8, 4) is 0 Å². The van der Waals surface area contributed by atoms with Gasteiger partial charge in [-0.2, -0.15) is 26.3 Å². The van der Waals surface area contributed by atoms with E-state index >= 15 is 0 Å². The molecule has 30 heavy (non-hydrogen) atoms. The second-order valence-corrected chi connectivity index (χ2v) is 9.44. The van der Waals surface area contributed by atoms with Crippen LogP contribution in [0.4, 0.5) is 26.3 Å². The monoisotopic (exact) mass is 492 g/mol. The molecule has 1 aromatic carbocycles. The van der Waals surface area contributed by atoms with E-state index in [0.717, 1.165) is 24.8 Å². The zero-order valence-corrected chi connectivity index (χ0v) is 18.1. The number of hydrogen-bond acceptors (Lipinski definition) is 1. The van der Waals surface area contributed by atoms with E-state index in [1.54, 1.807) is 6.08 Å². The SMILES string of the molecule is C=C(/C=C(\CCCC(F)(F)F)C1CCC1)c1cc(S(=O)CC(F)(F)F)c(Cl)cc1Cl. The molecule has 0 amide bonds. The van der Waals surface area contributed by atoms with Gasteiger partial charge in [0.1, 0.15) is 5.75 Å². The lowest BCUT2D eigenvalue weighted by Crippen LogP contribution is -2.18. The summed E-state index contributed by atoms with van der Waals surface area (Å²) in [5.41, 5.74) is 1.38. The number of alkyl halides is 6. The van der Waals surface area contributed by atoms with E-state index < -0.39 is 35.3 Å². The second kappa shape index (κ2) is 10.1. The fourth-order valence-corrected chi connectivity index (χ4v) is 4.88. The first-order valence-electron chi connectivity index (χ1n) is 9.17. The van der Waals surface area contributed by atoms with Gasteiger partial charge in [-0.05, 0) is 49.3 Å². The van der Waals surface area contributed by atoms with E-state index in [-0.39, 0.29) is 39.3 Å². The van der Waals surface area contributed by atoms with Crippen LogP contribution in [0.15, 0.2) is 35.3 Å². The van der Waals surface area contributed by atoms with Gasteiger partial charge in [-0.15, -0.1) is 0 Å². The second-order valence-electron chi connectivity index (χ2n) is 7.21. The van der Waals surface area contributed by atoms with Gasteiger partial charge in [-0.3, -0.25) is 4.21 Å². The fraction of sp³-hybridized carbons (Fsp3) is 0.500. The Labute approximate surface area is 183 Å². The van der Waals surface area contributed by atoms with Crippen molar-refractivity contribution in [2.45, 2.75) is 55.8 Å². The zero-order chi connectivity index (χ0) is 22.7. The average Bonchev–Trinajstić information content (AvgIpc) is 2.49. The van der Waals surface area contributed by atoms with Gasteiger partial charge in [0.25, 0.3) is 0 Å². The van der Waals surface area contributed by atoms with Crippen LogP contribution in [0.5, 0.6) is 0 Å². The summed E-state index contributed by atoms with van der Waals surface area (Å²) in [6, 6.07) is 2.41. The lowest BCUT2D eigenvalue weighted by molar-refractivity contribution is -0.135. The molecule has 0 heterocycles. The van der Waals surface area contributed by atoms with Gasteiger partial charge < -0.3 is 0 Å². The van der Waals surface area contributed by atoms with Crippen molar-refractivity contribution in [2.24, 2.45) is 5.92 Å². The third kappa shape index (κ3) is 7.61. The maximum atomic E-state index is 12.6. The Morgan fingerprint density at radius 3 is 2.23 bits per heavy atom. The van der Waals surface area contributed by atoms with Gasteiger partial charge >= 0.3 is 12.4 Å². The van der Waals surface area contributed by atoms with Gasteiger partial charge in [0.15, 0.2) is 0 Å². The van der Waals surface area contributed by atoms with E-state index in [1.165, 1.54) is 12.1 Å². The normalized spacial score (nSPS) is 17.0. The number of halogens is 8. The maximum absolute atomic E-state index is 12.6. The van der Waals surface area contributed by atoms with Crippen LogP contribution in [0.25, 0.3) is 5.57 Å². The number of rotatable bonds is 8. The molecular weight excluding hydrogens is 473 g/mol. The van der Waals surface area contributed by atoms with Crippen LogP contribution >= 0.6 is 23.2 Å². The third-order valence-electron chi connectivity index (χ3n) is 4.82. The summed E-state index contributed by atoms with van der Waals surface area (Å²) >= 11 is 12.1. The standard InChI is InChI=1S/C20H20Cl2F6OS/c1-12(8-14(13-4-2-5-13)6-3-7-19(23,24)25)15-9-18(17(22)10-16(15)21)30(29)11-20(26,27)28/h8-10,13H,1-7,11H2/b14-8+. The first kappa shape index (κ1) is 25.3. The Hall–Kier alpha value is -0.990. The van der Waals surface area contributed by atoms with Gasteiger partial charge in [0.2, 0.25) is 0 Å². The van der Waals surface area contributed by atoms with E-state index in [2.05, 4.69) is 6.58 Å². The van der Waals surface area contributed by atoms with Gasteiger partial charge in [-0.1, -0.05) is 47.9 Å². The Kier molecular flexibility index (Phi) is 8.50. The Morgan fingerprint density at radius 2 is 1.73 bits per heavy atom. The van der Waals surface area contributed by atoms with Gasteiger partial charge in [-0.25, -0.2) is 0 Å². The Bertz CT molecular complexity index is 841. The van der Waals surface area contributed by atoms with Crippen molar-refractivity contribution in [3.63, 3.8) is 0 Å². The van der Waals surface area contributed by atoms with Crippen LogP contribution in [0.2, 0.25) is 10.0 Å². The van der Waals surface area contributed by atoms with Crippen LogP contribution in [-0.2, 0) is 10.8 Å². The summed E-state index contributed by atoms with van der Waals surface area (Å²) in [5.74, 6) is -1.40. The first-order valence-corrected chi connectivity index (χ1v) is 11.2. The number of hydrogen-bond donors (Lipinski definition) is 0. The molecule has 2 rings (SSSR count). The zero-order valence-electron chi connectivity index (χ0n) is 15.8. The summed E-state index contributed by atoms with van der Waals surface area (Å²) in [5, 5.41) is -0.0511. The third-order valence-corrected chi connectivity index (χ3v) is 6.98. The lowest BCUT2D eigenvalue weighted by atomic mass is 9.77. The molecule has 1 unspecified atom stereocenters. The Morgan fingerprint density at radius 1 is 1.10 bits per heavy atom. The minimum Gasteiger partial charge on any atom is -0.254 e. The smallest absolute Gasteiger partial charge is 0.254 e. The van der Waals surface area contributed by atoms with Crippen LogP contribution < -0.4 is 0 Å². The molecular formula is C20H20Cl2F6OS. The van der Waals surface area contributed by atoms with Crippen molar-refractivity contribution in [1.29, 1.82) is 0 Å². The summed E-state index contributed by atoms with van der Waals surface area (Å²) in [6.07, 6.45) is -5.25.